The van der Waals surface area contributed by atoms with E-state index in [0.29, 0.717) is 0 Å². The molecule has 0 aliphatic carbocycles. The van der Waals surface area contributed by atoms with Crippen LogP contribution in [0.5, 0.6) is 0 Å². The van der Waals surface area contributed by atoms with Gasteiger partial charge in [0.15, 0.2) is 11.6 Å². The van der Waals surface area contributed by atoms with Crippen LogP contribution in [0.4, 0.5) is 0 Å². The van der Waals surface area contributed by atoms with Gasteiger partial charge in [0.05, 0.1) is 6.61 Å². The number of aliphatic hydroxyl groups is 2. The Labute approximate surface area is 119 Å². The molecule has 2 aliphatic rings. The highest BCUT2D eigenvalue weighted by Gasteiger charge is 2.51. The van der Waals surface area contributed by atoms with Crippen LogP contribution in [0.25, 0.3) is 0 Å². The summed E-state index contributed by atoms with van der Waals surface area (Å²) in [6.45, 7) is 10.8. The van der Waals surface area contributed by atoms with E-state index in [1.165, 1.54) is 6.08 Å². The van der Waals surface area contributed by atoms with E-state index in [0.717, 1.165) is 0 Å². The molecule has 0 aromatic rings. The minimum absolute atomic E-state index is 0.269. The third kappa shape index (κ3) is 3.21. The summed E-state index contributed by atoms with van der Waals surface area (Å²) in [6, 6.07) is 0. The molecule has 20 heavy (non-hydrogen) atoms. The van der Waals surface area contributed by atoms with Crippen molar-refractivity contribution in [1.29, 1.82) is 0 Å². The Morgan fingerprint density at radius 3 is 2.15 bits per heavy atom. The van der Waals surface area contributed by atoms with Crippen LogP contribution in [0.3, 0.4) is 0 Å². The zero-order valence-electron chi connectivity index (χ0n) is 12.4. The smallest absolute Gasteiger partial charge is 0.164 e. The molecule has 0 unspecified atom stereocenters. The van der Waals surface area contributed by atoms with Crippen molar-refractivity contribution in [2.24, 2.45) is 0 Å². The molecule has 2 saturated heterocycles. The van der Waals surface area contributed by atoms with Crippen molar-refractivity contribution in [3.8, 4) is 0 Å². The summed E-state index contributed by atoms with van der Waals surface area (Å²) < 4.78 is 22.4. The second-order valence-electron chi connectivity index (χ2n) is 6.15. The van der Waals surface area contributed by atoms with E-state index in [-0.39, 0.29) is 6.61 Å². The topological polar surface area (TPSA) is 77.4 Å². The first-order chi connectivity index (χ1) is 9.15. The zero-order chi connectivity index (χ0) is 15.1. The fourth-order valence-electron chi connectivity index (χ4n) is 2.57. The molecular weight excluding hydrogens is 264 g/mol. The first-order valence-electron chi connectivity index (χ1n) is 6.81. The SMILES string of the molecule is C=C[C@@H](O)[C@H]1OC(C)(C)O[C@H]1[C@H](O)[C@H]1COC(C)(C)O1. The molecule has 2 N–H and O–H groups in total. The van der Waals surface area contributed by atoms with Crippen LogP contribution in [-0.2, 0) is 18.9 Å². The summed E-state index contributed by atoms with van der Waals surface area (Å²) in [5, 5.41) is 20.4. The van der Waals surface area contributed by atoms with Crippen LogP contribution in [0, 0.1) is 0 Å². The predicted octanol–water partition coefficient (Wildman–Crippen LogP) is 0.566. The van der Waals surface area contributed by atoms with Crippen molar-refractivity contribution >= 4 is 0 Å². The highest BCUT2D eigenvalue weighted by molar-refractivity contribution is 4.99. The fraction of sp³-hybridized carbons (Fsp3) is 0.857. The van der Waals surface area contributed by atoms with Crippen LogP contribution in [0.2, 0.25) is 0 Å². The van der Waals surface area contributed by atoms with Crippen LogP contribution in [0.1, 0.15) is 27.7 Å². The minimum Gasteiger partial charge on any atom is -0.387 e. The average molecular weight is 288 g/mol. The second kappa shape index (κ2) is 5.36. The molecule has 2 heterocycles. The lowest BCUT2D eigenvalue weighted by Gasteiger charge is -2.28. The Balaban J connectivity index is 2.11. The molecule has 0 saturated carbocycles. The van der Waals surface area contributed by atoms with Gasteiger partial charge in [0.1, 0.15) is 30.5 Å². The van der Waals surface area contributed by atoms with Gasteiger partial charge in [-0.25, -0.2) is 0 Å². The number of ether oxygens (including phenoxy) is 4. The maximum absolute atomic E-state index is 10.5. The largest absolute Gasteiger partial charge is 0.387 e. The fourth-order valence-corrected chi connectivity index (χ4v) is 2.57. The van der Waals surface area contributed by atoms with Crippen molar-refractivity contribution in [2.75, 3.05) is 6.61 Å². The minimum atomic E-state index is -0.960. The van der Waals surface area contributed by atoms with Crippen LogP contribution in [-0.4, -0.2) is 58.9 Å². The van der Waals surface area contributed by atoms with E-state index in [1.54, 1.807) is 27.7 Å². The monoisotopic (exact) mass is 288 g/mol. The third-order valence-corrected chi connectivity index (χ3v) is 3.49. The van der Waals surface area contributed by atoms with Gasteiger partial charge in [-0.1, -0.05) is 6.08 Å². The average Bonchev–Trinajstić information content (AvgIpc) is 2.87. The van der Waals surface area contributed by atoms with Crippen LogP contribution < -0.4 is 0 Å². The van der Waals surface area contributed by atoms with Gasteiger partial charge in [-0.2, -0.15) is 0 Å². The summed E-state index contributed by atoms with van der Waals surface area (Å²) >= 11 is 0. The van der Waals surface area contributed by atoms with E-state index < -0.39 is 42.1 Å². The Morgan fingerprint density at radius 2 is 1.65 bits per heavy atom. The van der Waals surface area contributed by atoms with Gasteiger partial charge in [-0.05, 0) is 27.7 Å². The van der Waals surface area contributed by atoms with E-state index in [1.807, 2.05) is 0 Å². The lowest BCUT2D eigenvalue weighted by atomic mass is 9.99. The quantitative estimate of drug-likeness (QED) is 0.736. The first kappa shape index (κ1) is 15.9. The molecule has 0 spiro atoms. The number of hydrogen-bond acceptors (Lipinski definition) is 6. The molecule has 2 aliphatic heterocycles. The molecule has 0 aromatic heterocycles. The normalized spacial score (nSPS) is 38.6. The van der Waals surface area contributed by atoms with Crippen molar-refractivity contribution in [1.82, 2.24) is 0 Å². The maximum atomic E-state index is 10.5. The van der Waals surface area contributed by atoms with Crippen molar-refractivity contribution < 1.29 is 29.2 Å². The number of hydrogen-bond donors (Lipinski definition) is 2. The Bertz CT molecular complexity index is 367. The van der Waals surface area contributed by atoms with Crippen molar-refractivity contribution in [3.63, 3.8) is 0 Å². The first-order valence-corrected chi connectivity index (χ1v) is 6.81. The second-order valence-corrected chi connectivity index (χ2v) is 6.15. The summed E-state index contributed by atoms with van der Waals surface area (Å²) in [7, 11) is 0. The van der Waals surface area contributed by atoms with E-state index in [9.17, 15) is 10.2 Å². The van der Waals surface area contributed by atoms with Gasteiger partial charge in [0, 0.05) is 0 Å². The lowest BCUT2D eigenvalue weighted by molar-refractivity contribution is -0.179. The molecule has 0 aromatic carbocycles. The van der Waals surface area contributed by atoms with Gasteiger partial charge in [-0.15, -0.1) is 6.58 Å². The Morgan fingerprint density at radius 1 is 1.05 bits per heavy atom. The molecule has 116 valence electrons. The Kier molecular flexibility index (Phi) is 4.26. The summed E-state index contributed by atoms with van der Waals surface area (Å²) in [6.07, 6.45) is -2.44. The van der Waals surface area contributed by atoms with E-state index in [2.05, 4.69) is 6.58 Å². The third-order valence-electron chi connectivity index (χ3n) is 3.49. The molecular formula is C14H24O6. The van der Waals surface area contributed by atoms with Crippen molar-refractivity contribution in [3.05, 3.63) is 12.7 Å². The molecule has 2 fully saturated rings. The van der Waals surface area contributed by atoms with Gasteiger partial charge < -0.3 is 29.2 Å². The molecule has 2 rings (SSSR count). The summed E-state index contributed by atoms with van der Waals surface area (Å²) in [5.41, 5.74) is 0. The predicted molar refractivity (Wildman–Crippen MR) is 70.9 cm³/mol. The highest BCUT2D eigenvalue weighted by atomic mass is 16.8. The molecule has 0 bridgehead atoms. The highest BCUT2D eigenvalue weighted by Crippen LogP contribution is 2.35. The standard InChI is InChI=1S/C14H24O6/c1-6-8(15)11-12(20-14(4,5)19-11)10(16)9-7-17-13(2,3)18-9/h6,8-12,15-16H,1,7H2,2-5H3/t8-,9-,10-,11-,12+/m1/s1. The van der Waals surface area contributed by atoms with Gasteiger partial charge in [0.2, 0.25) is 0 Å². The molecule has 0 amide bonds. The van der Waals surface area contributed by atoms with Gasteiger partial charge in [-0.3, -0.25) is 0 Å². The summed E-state index contributed by atoms with van der Waals surface area (Å²) in [4.78, 5) is 0. The lowest BCUT2D eigenvalue weighted by Crippen LogP contribution is -2.48. The van der Waals surface area contributed by atoms with E-state index >= 15 is 0 Å². The molecule has 6 heteroatoms. The molecule has 6 nitrogen and oxygen atoms in total. The number of aliphatic hydroxyl groups excluding tert-OH is 2. The number of rotatable bonds is 4. The van der Waals surface area contributed by atoms with Crippen molar-refractivity contribution in [2.45, 2.75) is 69.8 Å². The van der Waals surface area contributed by atoms with E-state index in [4.69, 9.17) is 18.9 Å². The zero-order valence-corrected chi connectivity index (χ0v) is 12.4. The maximum Gasteiger partial charge on any atom is 0.164 e. The van der Waals surface area contributed by atoms with Crippen LogP contribution >= 0.6 is 0 Å². The molecule has 5 atom stereocenters. The van der Waals surface area contributed by atoms with Crippen LogP contribution in [0.15, 0.2) is 12.7 Å². The molecule has 0 radical (unpaired) electrons. The summed E-state index contributed by atoms with van der Waals surface area (Å²) in [5.74, 6) is -1.61. The van der Waals surface area contributed by atoms with Gasteiger partial charge >= 0.3 is 0 Å². The van der Waals surface area contributed by atoms with Gasteiger partial charge in [0.25, 0.3) is 0 Å². The Hall–Kier alpha value is -0.500.